The van der Waals surface area contributed by atoms with E-state index in [0.29, 0.717) is 41.0 Å². The molecule has 5 rings (SSSR count). The van der Waals surface area contributed by atoms with Gasteiger partial charge in [0, 0.05) is 24.9 Å². The molecule has 0 aromatic heterocycles. The van der Waals surface area contributed by atoms with Crippen LogP contribution in [0.5, 0.6) is 23.0 Å². The van der Waals surface area contributed by atoms with E-state index in [-0.39, 0.29) is 30.5 Å². The van der Waals surface area contributed by atoms with E-state index in [1.807, 2.05) is 48.5 Å². The van der Waals surface area contributed by atoms with Gasteiger partial charge in [-0.3, -0.25) is 14.4 Å². The first kappa shape index (κ1) is 23.9. The Morgan fingerprint density at radius 3 is 2.41 bits per heavy atom. The Balaban J connectivity index is 1.68. The number of rotatable bonds is 8. The van der Waals surface area contributed by atoms with Crippen LogP contribution in [0.4, 0.5) is 5.69 Å². The van der Waals surface area contributed by atoms with Crippen LogP contribution in [0, 0.1) is 0 Å². The van der Waals surface area contributed by atoms with Crippen LogP contribution >= 0.6 is 0 Å². The van der Waals surface area contributed by atoms with Crippen LogP contribution < -0.4 is 23.8 Å². The largest absolute Gasteiger partial charge is 0.485 e. The van der Waals surface area contributed by atoms with Crippen molar-refractivity contribution in [3.8, 4) is 34.1 Å². The molecule has 0 spiro atoms. The van der Waals surface area contributed by atoms with Crippen molar-refractivity contribution in [2.75, 3.05) is 18.7 Å². The zero-order chi connectivity index (χ0) is 25.9. The summed E-state index contributed by atoms with van der Waals surface area (Å²) in [4.78, 5) is 37.8. The first-order valence-corrected chi connectivity index (χ1v) is 11.5. The lowest BCUT2D eigenvalue weighted by Crippen LogP contribution is -2.16. The van der Waals surface area contributed by atoms with Gasteiger partial charge in [-0.1, -0.05) is 42.5 Å². The lowest BCUT2D eigenvalue weighted by atomic mass is 9.93. The molecule has 0 bridgehead atoms. The number of carbonyl (C=O) groups is 3. The van der Waals surface area contributed by atoms with E-state index in [2.05, 4.69) is 0 Å². The summed E-state index contributed by atoms with van der Waals surface area (Å²) in [5, 5.41) is 1.55. The molecule has 0 atom stereocenters. The fourth-order valence-electron chi connectivity index (χ4n) is 4.38. The van der Waals surface area contributed by atoms with Crippen LogP contribution in [0.1, 0.15) is 22.8 Å². The third kappa shape index (κ3) is 4.56. The van der Waals surface area contributed by atoms with Gasteiger partial charge in [0.2, 0.25) is 13.2 Å². The number of benzene rings is 4. The second kappa shape index (κ2) is 10.0. The average molecular weight is 498 g/mol. The van der Waals surface area contributed by atoms with Crippen molar-refractivity contribution in [1.82, 2.24) is 0 Å². The second-order valence-corrected chi connectivity index (χ2v) is 8.44. The Bertz CT molecular complexity index is 1510. The number of ether oxygens (including phenoxy) is 4. The van der Waals surface area contributed by atoms with Crippen LogP contribution in [0.3, 0.4) is 0 Å². The van der Waals surface area contributed by atoms with Crippen molar-refractivity contribution in [1.29, 1.82) is 0 Å². The molecule has 1 aliphatic heterocycles. The van der Waals surface area contributed by atoms with E-state index < -0.39 is 5.97 Å². The van der Waals surface area contributed by atoms with E-state index in [4.69, 9.17) is 18.9 Å². The van der Waals surface area contributed by atoms with E-state index in [9.17, 15) is 14.4 Å². The first-order valence-electron chi connectivity index (χ1n) is 11.5. The Morgan fingerprint density at radius 2 is 1.70 bits per heavy atom. The molecule has 1 amide bonds. The summed E-state index contributed by atoms with van der Waals surface area (Å²) in [7, 11) is 1.63. The van der Waals surface area contributed by atoms with E-state index in [1.165, 1.54) is 11.8 Å². The fraction of sp³-hybridized carbons (Fsp3) is 0.138. The molecule has 8 heteroatoms. The summed E-state index contributed by atoms with van der Waals surface area (Å²) in [6.07, 6.45) is 1.31. The molecular formula is C29H23NO7. The van der Waals surface area contributed by atoms with Crippen molar-refractivity contribution >= 4 is 35.1 Å². The number of aldehydes is 1. The number of amides is 1. The van der Waals surface area contributed by atoms with Crippen molar-refractivity contribution in [2.45, 2.75) is 13.5 Å². The maximum absolute atomic E-state index is 12.4. The minimum Gasteiger partial charge on any atom is -0.485 e. The SMILES string of the molecule is CC(=O)Oc1c(OCc2ccccc2)ccc(-c2ccc3cc4c(cc3c2N(C)C=O)OCO4)c1C=O. The molecule has 4 aromatic rings. The molecule has 1 heterocycles. The third-order valence-corrected chi connectivity index (χ3v) is 6.05. The Hall–Kier alpha value is -4.85. The summed E-state index contributed by atoms with van der Waals surface area (Å²) in [5.74, 6) is 0.846. The molecule has 8 nitrogen and oxygen atoms in total. The number of esters is 1. The minimum atomic E-state index is -0.596. The number of hydrogen-bond donors (Lipinski definition) is 0. The van der Waals surface area contributed by atoms with E-state index >= 15 is 0 Å². The van der Waals surface area contributed by atoms with Gasteiger partial charge >= 0.3 is 5.97 Å². The highest BCUT2D eigenvalue weighted by molar-refractivity contribution is 6.09. The fourth-order valence-corrected chi connectivity index (χ4v) is 4.38. The van der Waals surface area contributed by atoms with Gasteiger partial charge in [0.05, 0.1) is 11.3 Å². The lowest BCUT2D eigenvalue weighted by Gasteiger charge is -2.22. The van der Waals surface area contributed by atoms with Gasteiger partial charge in [0.1, 0.15) is 6.61 Å². The summed E-state index contributed by atoms with van der Waals surface area (Å²) in [5.41, 5.74) is 2.66. The maximum atomic E-state index is 12.4. The molecule has 1 aliphatic rings. The number of nitrogens with zero attached hydrogens (tertiary/aromatic N) is 1. The molecule has 0 aliphatic carbocycles. The normalized spacial score (nSPS) is 11.7. The van der Waals surface area contributed by atoms with Crippen LogP contribution in [0.25, 0.3) is 21.9 Å². The van der Waals surface area contributed by atoms with E-state index in [0.717, 1.165) is 16.3 Å². The minimum absolute atomic E-state index is 0.0152. The van der Waals surface area contributed by atoms with Crippen LogP contribution in [-0.4, -0.2) is 32.5 Å². The standard InChI is InChI=1S/C29H23NO7/c1-18(33)37-29-24(14-31)21(10-11-25(29)34-15-19-6-4-3-5-7-19)22-9-8-20-12-26-27(36-17-35-26)13-23(20)28(22)30(2)16-32/h3-14,16H,15,17H2,1-2H3. The number of hydrogen-bond acceptors (Lipinski definition) is 7. The summed E-state index contributed by atoms with van der Waals surface area (Å²) < 4.78 is 22.5. The highest BCUT2D eigenvalue weighted by Crippen LogP contribution is 2.46. The van der Waals surface area contributed by atoms with Gasteiger partial charge in [-0.05, 0) is 40.8 Å². The Morgan fingerprint density at radius 1 is 0.973 bits per heavy atom. The topological polar surface area (TPSA) is 91.4 Å². The zero-order valence-electron chi connectivity index (χ0n) is 20.2. The quantitative estimate of drug-likeness (QED) is 0.189. The van der Waals surface area contributed by atoms with Crippen molar-refractivity contribution in [2.24, 2.45) is 0 Å². The van der Waals surface area contributed by atoms with Crippen molar-refractivity contribution in [3.05, 3.63) is 77.9 Å². The summed E-state index contributed by atoms with van der Waals surface area (Å²) >= 11 is 0. The average Bonchev–Trinajstić information content (AvgIpc) is 3.37. The number of anilines is 1. The summed E-state index contributed by atoms with van der Waals surface area (Å²) in [6, 6.07) is 20.2. The second-order valence-electron chi connectivity index (χ2n) is 8.44. The molecule has 0 saturated heterocycles. The zero-order valence-corrected chi connectivity index (χ0v) is 20.2. The summed E-state index contributed by atoms with van der Waals surface area (Å²) in [6.45, 7) is 1.59. The molecule has 0 saturated carbocycles. The molecule has 0 unspecified atom stereocenters. The van der Waals surface area contributed by atoms with Gasteiger partial charge in [0.15, 0.2) is 29.3 Å². The van der Waals surface area contributed by atoms with Crippen LogP contribution in [-0.2, 0) is 16.2 Å². The molecule has 186 valence electrons. The molecule has 0 radical (unpaired) electrons. The van der Waals surface area contributed by atoms with Crippen LogP contribution in [0.2, 0.25) is 0 Å². The van der Waals surface area contributed by atoms with Gasteiger partial charge in [0.25, 0.3) is 0 Å². The van der Waals surface area contributed by atoms with Gasteiger partial charge in [-0.15, -0.1) is 0 Å². The molecule has 37 heavy (non-hydrogen) atoms. The predicted molar refractivity (Wildman–Crippen MR) is 137 cm³/mol. The highest BCUT2D eigenvalue weighted by Gasteiger charge is 2.24. The van der Waals surface area contributed by atoms with Crippen molar-refractivity contribution in [3.63, 3.8) is 0 Å². The first-order chi connectivity index (χ1) is 18.0. The number of fused-ring (bicyclic) bond motifs is 2. The third-order valence-electron chi connectivity index (χ3n) is 6.05. The highest BCUT2D eigenvalue weighted by atomic mass is 16.7. The monoisotopic (exact) mass is 497 g/mol. The Kier molecular flexibility index (Phi) is 6.47. The molecular weight excluding hydrogens is 474 g/mol. The predicted octanol–water partition coefficient (Wildman–Crippen LogP) is 5.14. The molecule has 0 N–H and O–H groups in total. The Labute approximate surface area is 212 Å². The van der Waals surface area contributed by atoms with E-state index in [1.54, 1.807) is 25.2 Å². The smallest absolute Gasteiger partial charge is 0.308 e. The maximum Gasteiger partial charge on any atom is 0.308 e. The van der Waals surface area contributed by atoms with Gasteiger partial charge < -0.3 is 23.8 Å². The van der Waals surface area contributed by atoms with Crippen LogP contribution in [0.15, 0.2) is 66.7 Å². The molecule has 0 fully saturated rings. The molecule has 4 aromatic carbocycles. The lowest BCUT2D eigenvalue weighted by molar-refractivity contribution is -0.132. The van der Waals surface area contributed by atoms with Gasteiger partial charge in [-0.2, -0.15) is 0 Å². The number of carbonyl (C=O) groups excluding carboxylic acids is 3. The van der Waals surface area contributed by atoms with Crippen molar-refractivity contribution < 1.29 is 33.3 Å². The van der Waals surface area contributed by atoms with Gasteiger partial charge in [-0.25, -0.2) is 0 Å².